The molecule has 154 valence electrons. The van der Waals surface area contributed by atoms with Crippen LogP contribution in [0.3, 0.4) is 0 Å². The summed E-state index contributed by atoms with van der Waals surface area (Å²) in [5, 5.41) is 9.18. The number of ketones is 1. The molecule has 1 aliphatic rings. The molecule has 0 radical (unpaired) electrons. The number of carboxylic acids is 1. The molecule has 1 aliphatic carbocycles. The van der Waals surface area contributed by atoms with Gasteiger partial charge in [0.25, 0.3) is 0 Å². The van der Waals surface area contributed by atoms with Crippen molar-refractivity contribution in [1.82, 2.24) is 0 Å². The lowest BCUT2D eigenvalue weighted by Crippen LogP contribution is -2.33. The molecule has 3 rings (SSSR count). The molecule has 4 nitrogen and oxygen atoms in total. The molecule has 0 heterocycles. The highest BCUT2D eigenvalue weighted by atomic mass is 35.5. The van der Waals surface area contributed by atoms with E-state index in [0.29, 0.717) is 24.2 Å². The summed E-state index contributed by atoms with van der Waals surface area (Å²) in [6.45, 7) is 2.33. The van der Waals surface area contributed by atoms with Gasteiger partial charge in [-0.2, -0.15) is 0 Å². The van der Waals surface area contributed by atoms with Gasteiger partial charge in [0.05, 0.1) is 17.0 Å². The molecule has 29 heavy (non-hydrogen) atoms. The van der Waals surface area contributed by atoms with E-state index in [2.05, 4.69) is 6.92 Å². The third-order valence-corrected chi connectivity index (χ3v) is 6.33. The number of Topliss-reactive ketones (excluding diaryl/α,β-unsaturated/α-hetero) is 1. The lowest BCUT2D eigenvalue weighted by Gasteiger charge is -2.28. The number of benzene rings is 2. The molecular formula is C23H24Cl2O4. The van der Waals surface area contributed by atoms with Crippen LogP contribution in [0.25, 0.3) is 0 Å². The molecule has 0 aromatic heterocycles. The molecule has 0 aliphatic heterocycles. The maximum atomic E-state index is 13.6. The number of carbonyl (C=O) groups excluding carboxylic acids is 1. The number of carbonyl (C=O) groups is 2. The maximum absolute atomic E-state index is 13.6. The summed E-state index contributed by atoms with van der Waals surface area (Å²) in [4.78, 5) is 24.3. The Hall–Kier alpha value is -2.04. The van der Waals surface area contributed by atoms with Crippen molar-refractivity contribution in [3.8, 4) is 5.75 Å². The molecule has 0 unspecified atom stereocenters. The quantitative estimate of drug-likeness (QED) is 0.483. The van der Waals surface area contributed by atoms with E-state index in [-0.39, 0.29) is 28.9 Å². The Morgan fingerprint density at radius 3 is 2.55 bits per heavy atom. The van der Waals surface area contributed by atoms with Crippen molar-refractivity contribution in [2.45, 2.75) is 50.9 Å². The Labute approximate surface area is 180 Å². The lowest BCUT2D eigenvalue weighted by molar-refractivity contribution is -0.137. The van der Waals surface area contributed by atoms with Crippen LogP contribution in [0.4, 0.5) is 0 Å². The van der Waals surface area contributed by atoms with Gasteiger partial charge in [0.2, 0.25) is 0 Å². The van der Waals surface area contributed by atoms with E-state index in [1.807, 2.05) is 30.3 Å². The third kappa shape index (κ3) is 4.29. The minimum absolute atomic E-state index is 0.0106. The second kappa shape index (κ2) is 9.19. The molecular weight excluding hydrogens is 411 g/mol. The molecule has 0 fully saturated rings. The minimum Gasteiger partial charge on any atom is -0.492 e. The maximum Gasteiger partial charge on any atom is 0.303 e. The summed E-state index contributed by atoms with van der Waals surface area (Å²) in [6.07, 6.45) is 3.59. The van der Waals surface area contributed by atoms with Crippen molar-refractivity contribution in [2.75, 3.05) is 6.61 Å². The van der Waals surface area contributed by atoms with Gasteiger partial charge in [0, 0.05) is 12.0 Å². The molecule has 1 N–H and O–H groups in total. The van der Waals surface area contributed by atoms with Gasteiger partial charge in [-0.05, 0) is 36.5 Å². The van der Waals surface area contributed by atoms with Crippen LogP contribution in [-0.4, -0.2) is 23.5 Å². The highest BCUT2D eigenvalue weighted by Gasteiger charge is 2.48. The van der Waals surface area contributed by atoms with E-state index in [9.17, 15) is 9.59 Å². The normalized spacial score (nSPS) is 18.0. The van der Waals surface area contributed by atoms with Gasteiger partial charge in [0.15, 0.2) is 5.78 Å². The lowest BCUT2D eigenvalue weighted by atomic mass is 9.73. The second-order valence-electron chi connectivity index (χ2n) is 7.44. The number of carboxylic acid groups (broad SMARTS) is 1. The average molecular weight is 435 g/mol. The van der Waals surface area contributed by atoms with Gasteiger partial charge in [-0.1, -0.05) is 73.3 Å². The number of unbranched alkanes of at least 4 members (excludes halogenated alkanes) is 1. The van der Waals surface area contributed by atoms with E-state index < -0.39 is 11.4 Å². The van der Waals surface area contributed by atoms with Gasteiger partial charge in [-0.25, -0.2) is 0 Å². The Kier molecular flexibility index (Phi) is 6.86. The molecule has 0 saturated carbocycles. The standard InChI is InChI=1S/C23H24Cl2O4/c1-2-3-11-23(16-8-5-4-6-9-16)14-15-13-17(29-12-7-10-18(26)27)20(24)21(25)19(15)22(23)28/h4-6,8-9,13H,2-3,7,10-12,14H2,1H3,(H,26,27)/t23-/m1/s1. The molecule has 0 bridgehead atoms. The molecule has 0 spiro atoms. The predicted octanol–water partition coefficient (Wildman–Crippen LogP) is 6.10. The average Bonchev–Trinajstić information content (AvgIpc) is 3.00. The molecule has 0 saturated heterocycles. The Morgan fingerprint density at radius 2 is 1.90 bits per heavy atom. The van der Waals surface area contributed by atoms with Crippen LogP contribution in [0.1, 0.15) is 60.5 Å². The van der Waals surface area contributed by atoms with Crippen LogP contribution < -0.4 is 4.74 Å². The number of aliphatic carboxylic acids is 1. The zero-order valence-electron chi connectivity index (χ0n) is 16.3. The zero-order chi connectivity index (χ0) is 21.0. The van der Waals surface area contributed by atoms with Gasteiger partial charge < -0.3 is 9.84 Å². The van der Waals surface area contributed by atoms with E-state index in [1.54, 1.807) is 6.07 Å². The van der Waals surface area contributed by atoms with Crippen molar-refractivity contribution >= 4 is 35.0 Å². The van der Waals surface area contributed by atoms with Crippen LogP contribution in [-0.2, 0) is 16.6 Å². The summed E-state index contributed by atoms with van der Waals surface area (Å²) in [5.74, 6) is -0.467. The molecule has 6 heteroatoms. The Morgan fingerprint density at radius 1 is 1.17 bits per heavy atom. The SMILES string of the molecule is CCCC[C@]1(c2ccccc2)Cc2cc(OCCCC(=O)O)c(Cl)c(Cl)c2C1=O. The van der Waals surface area contributed by atoms with Gasteiger partial charge in [0.1, 0.15) is 10.8 Å². The van der Waals surface area contributed by atoms with Crippen molar-refractivity contribution < 1.29 is 19.4 Å². The van der Waals surface area contributed by atoms with E-state index in [1.165, 1.54) is 0 Å². The Bertz CT molecular complexity index is 911. The van der Waals surface area contributed by atoms with Crippen LogP contribution in [0, 0.1) is 0 Å². The highest BCUT2D eigenvalue weighted by molar-refractivity contribution is 6.45. The van der Waals surface area contributed by atoms with Crippen molar-refractivity contribution in [1.29, 1.82) is 0 Å². The Balaban J connectivity index is 1.95. The van der Waals surface area contributed by atoms with Crippen molar-refractivity contribution in [3.63, 3.8) is 0 Å². The smallest absolute Gasteiger partial charge is 0.303 e. The number of halogens is 2. The second-order valence-corrected chi connectivity index (χ2v) is 8.20. The first kappa shape index (κ1) is 21.7. The first-order valence-electron chi connectivity index (χ1n) is 9.86. The summed E-state index contributed by atoms with van der Waals surface area (Å²) >= 11 is 12.9. The number of hydrogen-bond acceptors (Lipinski definition) is 3. The summed E-state index contributed by atoms with van der Waals surface area (Å²) in [7, 11) is 0. The fourth-order valence-corrected chi connectivity index (χ4v) is 4.51. The van der Waals surface area contributed by atoms with Gasteiger partial charge in [-0.15, -0.1) is 0 Å². The fourth-order valence-electron chi connectivity index (χ4n) is 4.01. The third-order valence-electron chi connectivity index (χ3n) is 5.48. The molecule has 2 aromatic rings. The summed E-state index contributed by atoms with van der Waals surface area (Å²) in [5.41, 5.74) is 1.66. The first-order valence-corrected chi connectivity index (χ1v) is 10.6. The van der Waals surface area contributed by atoms with Crippen LogP contribution in [0.15, 0.2) is 36.4 Å². The van der Waals surface area contributed by atoms with Gasteiger partial charge >= 0.3 is 5.97 Å². The molecule has 0 amide bonds. The van der Waals surface area contributed by atoms with E-state index in [4.69, 9.17) is 33.0 Å². The van der Waals surface area contributed by atoms with Crippen LogP contribution in [0.2, 0.25) is 10.0 Å². The molecule has 2 aromatic carbocycles. The number of rotatable bonds is 9. The van der Waals surface area contributed by atoms with Crippen LogP contribution in [0.5, 0.6) is 5.75 Å². The summed E-state index contributed by atoms with van der Waals surface area (Å²) < 4.78 is 5.69. The number of ether oxygens (including phenoxy) is 1. The fraction of sp³-hybridized carbons (Fsp3) is 0.391. The van der Waals surface area contributed by atoms with E-state index in [0.717, 1.165) is 30.4 Å². The first-order chi connectivity index (χ1) is 13.9. The van der Waals surface area contributed by atoms with Crippen molar-refractivity contribution in [3.05, 3.63) is 63.1 Å². The van der Waals surface area contributed by atoms with Crippen LogP contribution >= 0.6 is 23.2 Å². The number of fused-ring (bicyclic) bond motifs is 1. The number of hydrogen-bond donors (Lipinski definition) is 1. The largest absolute Gasteiger partial charge is 0.492 e. The molecule has 1 atom stereocenters. The van der Waals surface area contributed by atoms with Gasteiger partial charge in [-0.3, -0.25) is 9.59 Å². The minimum atomic E-state index is -0.874. The zero-order valence-corrected chi connectivity index (χ0v) is 17.9. The van der Waals surface area contributed by atoms with Crippen molar-refractivity contribution in [2.24, 2.45) is 0 Å². The highest BCUT2D eigenvalue weighted by Crippen LogP contribution is 2.49. The topological polar surface area (TPSA) is 63.6 Å². The van der Waals surface area contributed by atoms with E-state index >= 15 is 0 Å². The predicted molar refractivity (Wildman–Crippen MR) is 115 cm³/mol. The monoisotopic (exact) mass is 434 g/mol. The summed E-state index contributed by atoms with van der Waals surface area (Å²) in [6, 6.07) is 11.6.